The van der Waals surface area contributed by atoms with Crippen LogP contribution in [-0.4, -0.2) is 25.4 Å². The minimum Gasteiger partial charge on any atom is -0.424 e. The number of hydrogen-bond acceptors (Lipinski definition) is 7. The topological polar surface area (TPSA) is 132 Å². The summed E-state index contributed by atoms with van der Waals surface area (Å²) in [5.74, 6) is 0.598. The van der Waals surface area contributed by atoms with Crippen LogP contribution in [0.3, 0.4) is 0 Å². The molecule has 0 atom stereocenters. The summed E-state index contributed by atoms with van der Waals surface area (Å²) >= 11 is 0. The lowest BCUT2D eigenvalue weighted by Crippen LogP contribution is -2.06. The fourth-order valence-corrected chi connectivity index (χ4v) is 4.25. The third-order valence-electron chi connectivity index (χ3n) is 5.86. The van der Waals surface area contributed by atoms with Gasteiger partial charge in [-0.05, 0) is 47.5 Å². The van der Waals surface area contributed by atoms with Crippen LogP contribution in [0.15, 0.2) is 85.8 Å². The molecular formula is C28H21N7O2. The van der Waals surface area contributed by atoms with Crippen LogP contribution in [0.2, 0.25) is 0 Å². The Morgan fingerprint density at radius 3 is 2.41 bits per heavy atom. The van der Waals surface area contributed by atoms with Crippen molar-refractivity contribution in [2.45, 2.75) is 0 Å². The molecule has 0 aliphatic heterocycles. The molecule has 2 aromatic carbocycles. The molecule has 5 rings (SSSR count). The Kier molecular flexibility index (Phi) is 6.06. The highest BCUT2D eigenvalue weighted by Gasteiger charge is 2.23. The maximum atomic E-state index is 11.7. The number of fused-ring (bicyclic) bond motifs is 1. The lowest BCUT2D eigenvalue weighted by molar-refractivity contribution is -0.111. The molecule has 0 saturated heterocycles. The van der Waals surface area contributed by atoms with E-state index in [0.717, 1.165) is 22.4 Å². The number of nitriles is 1. The number of rotatable bonds is 6. The van der Waals surface area contributed by atoms with Gasteiger partial charge in [-0.25, -0.2) is 15.0 Å². The monoisotopic (exact) mass is 487 g/mol. The van der Waals surface area contributed by atoms with Crippen molar-refractivity contribution in [3.05, 3.63) is 91.4 Å². The summed E-state index contributed by atoms with van der Waals surface area (Å²) in [6, 6.07) is 19.1. The standard InChI is InChI=1S/C28H21N7O2/c1-3-22(36)34-20-9-5-18(6-10-20)25-23(24-26(35(25)2)19(15-29)16-33-27(24)30)17-7-11-21(12-8-17)37-28-31-13-4-14-32-28/h3-14,16H,1H2,2H3,(H2,30,33)(H,34,36). The van der Waals surface area contributed by atoms with E-state index >= 15 is 0 Å². The maximum Gasteiger partial charge on any atom is 0.321 e. The van der Waals surface area contributed by atoms with Gasteiger partial charge in [-0.1, -0.05) is 30.8 Å². The zero-order valence-electron chi connectivity index (χ0n) is 19.8. The summed E-state index contributed by atoms with van der Waals surface area (Å²) in [5, 5.41) is 13.2. The largest absolute Gasteiger partial charge is 0.424 e. The number of anilines is 2. The van der Waals surface area contributed by atoms with E-state index in [0.29, 0.717) is 33.7 Å². The minimum absolute atomic E-state index is 0.247. The molecule has 0 saturated carbocycles. The molecule has 0 spiro atoms. The molecule has 0 radical (unpaired) electrons. The Balaban J connectivity index is 1.66. The van der Waals surface area contributed by atoms with Crippen molar-refractivity contribution in [2.24, 2.45) is 7.05 Å². The molecule has 0 aliphatic rings. The number of benzene rings is 2. The van der Waals surface area contributed by atoms with Crippen LogP contribution in [0.1, 0.15) is 5.56 Å². The van der Waals surface area contributed by atoms with Crippen molar-refractivity contribution in [3.8, 4) is 40.2 Å². The van der Waals surface area contributed by atoms with E-state index in [1.165, 1.54) is 12.3 Å². The molecule has 3 heterocycles. The fourth-order valence-electron chi connectivity index (χ4n) is 4.25. The van der Waals surface area contributed by atoms with Gasteiger partial charge in [0, 0.05) is 36.9 Å². The summed E-state index contributed by atoms with van der Waals surface area (Å²) in [4.78, 5) is 24.2. The Labute approximate surface area is 212 Å². The number of nitrogens with zero attached hydrogens (tertiary/aromatic N) is 5. The van der Waals surface area contributed by atoms with Crippen molar-refractivity contribution in [2.75, 3.05) is 11.1 Å². The second-order valence-electron chi connectivity index (χ2n) is 8.10. The van der Waals surface area contributed by atoms with Gasteiger partial charge in [0.1, 0.15) is 17.6 Å². The number of nitrogens with one attached hydrogen (secondary N) is 1. The van der Waals surface area contributed by atoms with Crippen LogP contribution >= 0.6 is 0 Å². The summed E-state index contributed by atoms with van der Waals surface area (Å²) in [7, 11) is 1.89. The van der Waals surface area contributed by atoms with Crippen LogP contribution < -0.4 is 15.8 Å². The fraction of sp³-hybridized carbons (Fsp3) is 0.0357. The van der Waals surface area contributed by atoms with Crippen LogP contribution in [0.5, 0.6) is 11.8 Å². The van der Waals surface area contributed by atoms with Crippen molar-refractivity contribution >= 4 is 28.3 Å². The van der Waals surface area contributed by atoms with Gasteiger partial charge in [0.05, 0.1) is 22.2 Å². The van der Waals surface area contributed by atoms with E-state index in [2.05, 4.69) is 32.9 Å². The number of nitrogen functional groups attached to an aromatic ring is 1. The first-order chi connectivity index (χ1) is 18.0. The molecule has 180 valence electrons. The minimum atomic E-state index is -0.293. The molecule has 9 nitrogen and oxygen atoms in total. The van der Waals surface area contributed by atoms with E-state index in [1.807, 2.05) is 60.1 Å². The van der Waals surface area contributed by atoms with Gasteiger partial charge in [0.15, 0.2) is 0 Å². The van der Waals surface area contributed by atoms with Crippen molar-refractivity contribution in [1.29, 1.82) is 5.26 Å². The zero-order chi connectivity index (χ0) is 25.9. The Bertz CT molecular complexity index is 1670. The molecule has 5 aromatic rings. The van der Waals surface area contributed by atoms with Crippen molar-refractivity contribution in [1.82, 2.24) is 19.5 Å². The number of hydrogen-bond donors (Lipinski definition) is 2. The highest BCUT2D eigenvalue weighted by atomic mass is 16.5. The van der Waals surface area contributed by atoms with Crippen LogP contribution in [0.25, 0.3) is 33.3 Å². The van der Waals surface area contributed by atoms with Gasteiger partial charge in [0.25, 0.3) is 0 Å². The summed E-state index contributed by atoms with van der Waals surface area (Å²) in [6.07, 6.45) is 5.91. The number of carbonyl (C=O) groups is 1. The first kappa shape index (κ1) is 23.3. The first-order valence-electron chi connectivity index (χ1n) is 11.3. The number of carbonyl (C=O) groups excluding carboxylic acids is 1. The average molecular weight is 488 g/mol. The SMILES string of the molecule is C=CC(=O)Nc1ccc(-c2c(-c3ccc(Oc4ncccn4)cc3)c3c(N)ncc(C#N)c3n2C)cc1. The number of pyridine rings is 1. The van der Waals surface area contributed by atoms with Crippen molar-refractivity contribution in [3.63, 3.8) is 0 Å². The van der Waals surface area contributed by atoms with Crippen LogP contribution in [-0.2, 0) is 11.8 Å². The molecule has 0 aliphatic carbocycles. The van der Waals surface area contributed by atoms with E-state index in [4.69, 9.17) is 10.5 Å². The second-order valence-corrected chi connectivity index (χ2v) is 8.10. The van der Waals surface area contributed by atoms with Gasteiger partial charge in [-0.15, -0.1) is 0 Å². The van der Waals surface area contributed by atoms with Crippen LogP contribution in [0, 0.1) is 11.3 Å². The molecule has 0 unspecified atom stereocenters. The smallest absolute Gasteiger partial charge is 0.321 e. The van der Waals surface area contributed by atoms with E-state index in [-0.39, 0.29) is 11.9 Å². The number of amides is 1. The third-order valence-corrected chi connectivity index (χ3v) is 5.86. The van der Waals surface area contributed by atoms with E-state index in [1.54, 1.807) is 18.5 Å². The predicted octanol–water partition coefficient (Wildman–Crippen LogP) is 5.07. The number of aryl methyl sites for hydroxylation is 1. The molecule has 3 N–H and O–H groups in total. The summed E-state index contributed by atoms with van der Waals surface area (Å²) in [5.41, 5.74) is 11.5. The van der Waals surface area contributed by atoms with Crippen molar-refractivity contribution < 1.29 is 9.53 Å². The molecule has 3 aromatic heterocycles. The van der Waals surface area contributed by atoms with Crippen LogP contribution in [0.4, 0.5) is 11.5 Å². The predicted molar refractivity (Wildman–Crippen MR) is 142 cm³/mol. The highest BCUT2D eigenvalue weighted by molar-refractivity contribution is 6.10. The van der Waals surface area contributed by atoms with Gasteiger partial charge < -0.3 is 20.4 Å². The molecular weight excluding hydrogens is 466 g/mol. The summed E-state index contributed by atoms with van der Waals surface area (Å²) in [6.45, 7) is 3.48. The average Bonchev–Trinajstić information content (AvgIpc) is 3.24. The lowest BCUT2D eigenvalue weighted by atomic mass is 9.98. The van der Waals surface area contributed by atoms with Gasteiger partial charge in [0.2, 0.25) is 5.91 Å². The molecule has 0 fully saturated rings. The van der Waals surface area contributed by atoms with E-state index in [9.17, 15) is 10.1 Å². The molecule has 9 heteroatoms. The van der Waals surface area contributed by atoms with E-state index < -0.39 is 0 Å². The third kappa shape index (κ3) is 4.35. The normalized spacial score (nSPS) is 10.6. The van der Waals surface area contributed by atoms with Gasteiger partial charge in [-0.3, -0.25) is 4.79 Å². The van der Waals surface area contributed by atoms with Gasteiger partial charge in [-0.2, -0.15) is 5.26 Å². The molecule has 37 heavy (non-hydrogen) atoms. The number of ether oxygens (including phenoxy) is 1. The number of aromatic nitrogens is 4. The zero-order valence-corrected chi connectivity index (χ0v) is 19.8. The summed E-state index contributed by atoms with van der Waals surface area (Å²) < 4.78 is 7.69. The number of nitrogens with two attached hydrogens (primary N) is 1. The second kappa shape index (κ2) is 9.64. The quantitative estimate of drug-likeness (QED) is 0.320. The van der Waals surface area contributed by atoms with Gasteiger partial charge >= 0.3 is 6.01 Å². The maximum absolute atomic E-state index is 11.7. The first-order valence-corrected chi connectivity index (χ1v) is 11.3. The highest BCUT2D eigenvalue weighted by Crippen LogP contribution is 2.43. The lowest BCUT2D eigenvalue weighted by Gasteiger charge is -2.11. The molecule has 0 bridgehead atoms. The Morgan fingerprint density at radius 2 is 1.76 bits per heavy atom. The Hall–Kier alpha value is -5.49. The Morgan fingerprint density at radius 1 is 1.08 bits per heavy atom. The molecule has 1 amide bonds.